The molecule has 2 rings (SSSR count). The van der Waals surface area contributed by atoms with Gasteiger partial charge < -0.3 is 24.4 Å². The summed E-state index contributed by atoms with van der Waals surface area (Å²) in [6.07, 6.45) is -1.63. The number of fused-ring (bicyclic) bond motifs is 1. The normalized spacial score (nSPS) is 14.4. The van der Waals surface area contributed by atoms with E-state index >= 15 is 0 Å². The van der Waals surface area contributed by atoms with E-state index in [9.17, 15) is 15.0 Å². The number of halogens is 1. The second-order valence-corrected chi connectivity index (χ2v) is 4.36. The van der Waals surface area contributed by atoms with Crippen molar-refractivity contribution in [3.05, 3.63) is 16.1 Å². The quantitative estimate of drug-likeness (QED) is 0.821. The highest BCUT2D eigenvalue weighted by Crippen LogP contribution is 2.47. The summed E-state index contributed by atoms with van der Waals surface area (Å²) in [5.74, 6) is -0.641. The fraction of sp³-hybridized carbons (Fsp3) is 0.364. The number of aliphatic hydroxyl groups excluding tert-OH is 1. The van der Waals surface area contributed by atoms with Crippen LogP contribution in [0.15, 0.2) is 10.5 Å². The van der Waals surface area contributed by atoms with Gasteiger partial charge in [-0.1, -0.05) is 0 Å². The lowest BCUT2D eigenvalue weighted by Gasteiger charge is -2.14. The summed E-state index contributed by atoms with van der Waals surface area (Å²) in [6, 6.07) is 1.50. The molecule has 0 saturated carbocycles. The van der Waals surface area contributed by atoms with Gasteiger partial charge >= 0.3 is 5.97 Å². The van der Waals surface area contributed by atoms with Crippen molar-refractivity contribution < 1.29 is 29.2 Å². The van der Waals surface area contributed by atoms with Gasteiger partial charge in [0.1, 0.15) is 5.75 Å². The summed E-state index contributed by atoms with van der Waals surface area (Å²) >= 11 is 3.11. The van der Waals surface area contributed by atoms with Crippen molar-refractivity contribution in [2.75, 3.05) is 13.4 Å². The molecular formula is C11H11BrO6. The molecule has 1 atom stereocenters. The molecule has 6 nitrogen and oxygen atoms in total. The van der Waals surface area contributed by atoms with Crippen molar-refractivity contribution in [3.8, 4) is 17.2 Å². The number of carbonyl (C=O) groups is 1. The number of hydrogen-bond acceptors (Lipinski definition) is 6. The maximum absolute atomic E-state index is 11.5. The van der Waals surface area contributed by atoms with Gasteiger partial charge in [0.25, 0.3) is 0 Å². The number of aromatic hydroxyl groups is 1. The predicted molar refractivity (Wildman–Crippen MR) is 63.5 cm³/mol. The largest absolute Gasteiger partial charge is 0.506 e. The first-order valence-electron chi connectivity index (χ1n) is 5.22. The minimum Gasteiger partial charge on any atom is -0.506 e. The Labute approximate surface area is 111 Å². The first-order valence-corrected chi connectivity index (χ1v) is 6.01. The molecule has 1 aromatic rings. The predicted octanol–water partition coefficient (Wildman–Crippen LogP) is 1.48. The maximum atomic E-state index is 11.5. The highest BCUT2D eigenvalue weighted by Gasteiger charge is 2.32. The third-order valence-corrected chi connectivity index (χ3v) is 3.01. The zero-order chi connectivity index (χ0) is 13.3. The first-order chi connectivity index (χ1) is 8.56. The maximum Gasteiger partial charge on any atom is 0.339 e. The van der Waals surface area contributed by atoms with Crippen molar-refractivity contribution in [2.24, 2.45) is 0 Å². The van der Waals surface area contributed by atoms with Crippen molar-refractivity contribution in [2.45, 2.75) is 13.0 Å². The van der Waals surface area contributed by atoms with Crippen LogP contribution in [0, 0.1) is 0 Å². The average molecular weight is 319 g/mol. The molecule has 1 heterocycles. The van der Waals surface area contributed by atoms with Crippen LogP contribution in [0.4, 0.5) is 0 Å². The van der Waals surface area contributed by atoms with Crippen LogP contribution in [0.2, 0.25) is 0 Å². The smallest absolute Gasteiger partial charge is 0.339 e. The van der Waals surface area contributed by atoms with Crippen LogP contribution in [-0.4, -0.2) is 29.6 Å². The number of benzene rings is 1. The molecular weight excluding hydrogens is 308 g/mol. The van der Waals surface area contributed by atoms with Gasteiger partial charge in [-0.15, -0.1) is 0 Å². The van der Waals surface area contributed by atoms with Crippen molar-refractivity contribution >= 4 is 21.9 Å². The van der Waals surface area contributed by atoms with E-state index in [0.717, 1.165) is 0 Å². The lowest BCUT2D eigenvalue weighted by atomic mass is 10.1. The third kappa shape index (κ3) is 2.11. The van der Waals surface area contributed by atoms with E-state index in [1.54, 1.807) is 6.92 Å². The molecule has 1 aromatic carbocycles. The molecule has 0 bridgehead atoms. The number of phenolic OH excluding ortho intramolecular Hbond substituents is 1. The van der Waals surface area contributed by atoms with Crippen LogP contribution < -0.4 is 9.47 Å². The van der Waals surface area contributed by atoms with E-state index in [1.165, 1.54) is 6.07 Å². The molecule has 0 aliphatic carbocycles. The number of rotatable bonds is 3. The molecule has 1 aliphatic heterocycles. The van der Waals surface area contributed by atoms with Gasteiger partial charge in [0.2, 0.25) is 6.79 Å². The summed E-state index contributed by atoms with van der Waals surface area (Å²) < 4.78 is 15.3. The topological polar surface area (TPSA) is 85.2 Å². The van der Waals surface area contributed by atoms with Gasteiger partial charge in [-0.25, -0.2) is 4.79 Å². The minimum atomic E-state index is -1.63. The molecule has 0 radical (unpaired) electrons. The second kappa shape index (κ2) is 5.03. The second-order valence-electron chi connectivity index (χ2n) is 3.51. The Morgan fingerprint density at radius 1 is 1.61 bits per heavy atom. The Morgan fingerprint density at radius 3 is 3.00 bits per heavy atom. The standard InChI is InChI=1S/C11H11BrO6/c1-2-16-11(15)9(14)7-8(13)5(12)3-6-10(7)18-4-17-6/h3,9,13-14H,2,4H2,1H3. The van der Waals surface area contributed by atoms with Gasteiger partial charge in [0.15, 0.2) is 17.6 Å². The summed E-state index contributed by atoms with van der Waals surface area (Å²) in [4.78, 5) is 11.5. The highest BCUT2D eigenvalue weighted by molar-refractivity contribution is 9.10. The van der Waals surface area contributed by atoms with E-state index in [1.807, 2.05) is 0 Å². The summed E-state index contributed by atoms with van der Waals surface area (Å²) in [5.41, 5.74) is -0.0599. The van der Waals surface area contributed by atoms with Gasteiger partial charge in [-0.2, -0.15) is 0 Å². The van der Waals surface area contributed by atoms with Crippen LogP contribution >= 0.6 is 15.9 Å². The fourth-order valence-corrected chi connectivity index (χ4v) is 2.04. The Balaban J connectivity index is 2.46. The van der Waals surface area contributed by atoms with Crippen LogP contribution in [0.5, 0.6) is 17.2 Å². The van der Waals surface area contributed by atoms with Crippen molar-refractivity contribution in [1.82, 2.24) is 0 Å². The Morgan fingerprint density at radius 2 is 2.33 bits per heavy atom. The van der Waals surface area contributed by atoms with Crippen molar-refractivity contribution in [1.29, 1.82) is 0 Å². The number of phenols is 1. The van der Waals surface area contributed by atoms with Crippen LogP contribution in [-0.2, 0) is 9.53 Å². The molecule has 0 aromatic heterocycles. The van der Waals surface area contributed by atoms with E-state index in [-0.39, 0.29) is 30.5 Å². The number of hydrogen-bond donors (Lipinski definition) is 2. The van der Waals surface area contributed by atoms with Gasteiger partial charge in [0.05, 0.1) is 16.6 Å². The molecule has 98 valence electrons. The fourth-order valence-electron chi connectivity index (χ4n) is 1.62. The van der Waals surface area contributed by atoms with Crippen molar-refractivity contribution in [3.63, 3.8) is 0 Å². The first kappa shape index (κ1) is 13.0. The SMILES string of the molecule is CCOC(=O)C(O)c1c(O)c(Br)cc2c1OCO2. The van der Waals surface area contributed by atoms with E-state index in [0.29, 0.717) is 10.2 Å². The Hall–Kier alpha value is -1.47. The van der Waals surface area contributed by atoms with E-state index < -0.39 is 12.1 Å². The zero-order valence-electron chi connectivity index (χ0n) is 9.47. The Kier molecular flexibility index (Phi) is 3.63. The molecule has 0 saturated heterocycles. The van der Waals surface area contributed by atoms with Crippen LogP contribution in [0.1, 0.15) is 18.6 Å². The monoisotopic (exact) mass is 318 g/mol. The summed E-state index contributed by atoms with van der Waals surface area (Å²) in [7, 11) is 0. The van der Waals surface area contributed by atoms with Crippen LogP contribution in [0.3, 0.4) is 0 Å². The van der Waals surface area contributed by atoms with E-state index in [4.69, 9.17) is 14.2 Å². The number of carbonyl (C=O) groups excluding carboxylic acids is 1. The zero-order valence-corrected chi connectivity index (χ0v) is 11.1. The van der Waals surface area contributed by atoms with E-state index in [2.05, 4.69) is 15.9 Å². The average Bonchev–Trinajstić information content (AvgIpc) is 2.77. The number of esters is 1. The number of ether oxygens (including phenoxy) is 3. The van der Waals surface area contributed by atoms with Gasteiger partial charge in [0, 0.05) is 6.07 Å². The lowest BCUT2D eigenvalue weighted by molar-refractivity contribution is -0.153. The lowest BCUT2D eigenvalue weighted by Crippen LogP contribution is -2.16. The molecule has 0 amide bonds. The molecule has 1 unspecified atom stereocenters. The summed E-state index contributed by atoms with van der Waals surface area (Å²) in [6.45, 7) is 1.72. The van der Waals surface area contributed by atoms with Gasteiger partial charge in [-0.3, -0.25) is 0 Å². The Bertz CT molecular complexity index is 487. The third-order valence-electron chi connectivity index (χ3n) is 2.41. The summed E-state index contributed by atoms with van der Waals surface area (Å²) in [5, 5.41) is 19.8. The van der Waals surface area contributed by atoms with Gasteiger partial charge in [-0.05, 0) is 22.9 Å². The molecule has 2 N–H and O–H groups in total. The van der Waals surface area contributed by atoms with Crippen LogP contribution in [0.25, 0.3) is 0 Å². The highest BCUT2D eigenvalue weighted by atomic mass is 79.9. The minimum absolute atomic E-state index is 0.0340. The molecule has 0 fully saturated rings. The molecule has 1 aliphatic rings. The molecule has 0 spiro atoms. The molecule has 7 heteroatoms. The number of aliphatic hydroxyl groups is 1. The molecule has 18 heavy (non-hydrogen) atoms.